The van der Waals surface area contributed by atoms with E-state index in [1.165, 1.54) is 0 Å². The minimum absolute atomic E-state index is 0.0310. The summed E-state index contributed by atoms with van der Waals surface area (Å²) in [5.41, 5.74) is 2.11. The van der Waals surface area contributed by atoms with E-state index in [1.807, 2.05) is 34.9 Å². The van der Waals surface area contributed by atoms with E-state index in [4.69, 9.17) is 4.98 Å². The van der Waals surface area contributed by atoms with Crippen molar-refractivity contribution in [2.45, 2.75) is 61.8 Å². The summed E-state index contributed by atoms with van der Waals surface area (Å²) in [6, 6.07) is 8.64. The van der Waals surface area contributed by atoms with Crippen LogP contribution in [-0.2, 0) is 4.79 Å². The zero-order valence-electron chi connectivity index (χ0n) is 17.1. The summed E-state index contributed by atoms with van der Waals surface area (Å²) in [7, 11) is 0. The topological polar surface area (TPSA) is 90.1 Å². The third-order valence-corrected chi connectivity index (χ3v) is 8.22. The Morgan fingerprint density at radius 1 is 1.17 bits per heavy atom. The lowest BCUT2D eigenvalue weighted by Gasteiger charge is -2.31. The van der Waals surface area contributed by atoms with Gasteiger partial charge < -0.3 is 20.5 Å². The van der Waals surface area contributed by atoms with Crippen LogP contribution in [0.15, 0.2) is 24.3 Å². The molecule has 3 aliphatic rings. The minimum atomic E-state index is -0.0310. The third-order valence-electron chi connectivity index (χ3n) is 6.71. The summed E-state index contributed by atoms with van der Waals surface area (Å²) in [5.74, 6) is 2.74. The first-order valence-corrected chi connectivity index (χ1v) is 12.1. The Morgan fingerprint density at radius 3 is 2.83 bits per heavy atom. The zero-order valence-corrected chi connectivity index (χ0v) is 17.9. The van der Waals surface area contributed by atoms with Gasteiger partial charge in [-0.3, -0.25) is 4.79 Å². The molecule has 3 aliphatic heterocycles. The second kappa shape index (κ2) is 8.49. The number of benzene rings is 1. The van der Waals surface area contributed by atoms with Gasteiger partial charge in [0.1, 0.15) is 5.82 Å². The monoisotopic (exact) mass is 427 g/mol. The van der Waals surface area contributed by atoms with Gasteiger partial charge in [-0.25, -0.2) is 9.78 Å². The standard InChI is InChI=1S/C22H29N5O2S/c28-19(8-4-3-7-18-20-17(13-30-18)25-22(29)26-20)27-11-9-14(10-12-27)21-23-15-5-1-2-6-16(15)24-21/h1-2,5-6,14,17-18,20H,3-4,7-13H2,(H,23,24)(H2,25,26,29)/t17-,18-,20-/m0/s1. The van der Waals surface area contributed by atoms with Crippen molar-refractivity contribution in [1.82, 2.24) is 25.5 Å². The predicted molar refractivity (Wildman–Crippen MR) is 119 cm³/mol. The van der Waals surface area contributed by atoms with Crippen molar-refractivity contribution in [3.8, 4) is 0 Å². The second-order valence-electron chi connectivity index (χ2n) is 8.66. The number of piperidine rings is 1. The van der Waals surface area contributed by atoms with Crippen molar-refractivity contribution in [2.24, 2.45) is 0 Å². The maximum absolute atomic E-state index is 12.6. The average molecular weight is 428 g/mol. The highest BCUT2D eigenvalue weighted by atomic mass is 32.2. The first kappa shape index (κ1) is 19.7. The number of carbonyl (C=O) groups excluding carboxylic acids is 2. The summed E-state index contributed by atoms with van der Waals surface area (Å²) in [6.07, 6.45) is 5.61. The molecule has 0 aliphatic carbocycles. The first-order chi connectivity index (χ1) is 14.7. The molecule has 0 unspecified atom stereocenters. The number of hydrogen-bond donors (Lipinski definition) is 3. The number of thioether (sulfide) groups is 1. The molecular weight excluding hydrogens is 398 g/mol. The Hall–Kier alpha value is -2.22. The molecule has 3 atom stereocenters. The van der Waals surface area contributed by atoms with E-state index in [2.05, 4.69) is 21.7 Å². The van der Waals surface area contributed by atoms with E-state index in [-0.39, 0.29) is 24.0 Å². The van der Waals surface area contributed by atoms with Crippen LogP contribution in [-0.4, -0.2) is 63.0 Å². The lowest BCUT2D eigenvalue weighted by molar-refractivity contribution is -0.132. The molecule has 3 N–H and O–H groups in total. The molecule has 2 aromatic rings. The molecule has 7 nitrogen and oxygen atoms in total. The van der Waals surface area contributed by atoms with E-state index in [0.717, 1.165) is 67.8 Å². The van der Waals surface area contributed by atoms with Crippen LogP contribution in [0.25, 0.3) is 11.0 Å². The fourth-order valence-electron chi connectivity index (χ4n) is 4.99. The van der Waals surface area contributed by atoms with Crippen molar-refractivity contribution in [3.63, 3.8) is 0 Å². The van der Waals surface area contributed by atoms with Crippen LogP contribution in [0.3, 0.4) is 0 Å². The van der Waals surface area contributed by atoms with Gasteiger partial charge in [0, 0.05) is 36.4 Å². The van der Waals surface area contributed by atoms with E-state index in [0.29, 0.717) is 17.6 Å². The van der Waals surface area contributed by atoms with Crippen LogP contribution in [0, 0.1) is 0 Å². The number of nitrogens with one attached hydrogen (secondary N) is 3. The van der Waals surface area contributed by atoms with Crippen LogP contribution in [0.1, 0.15) is 50.3 Å². The zero-order chi connectivity index (χ0) is 20.5. The van der Waals surface area contributed by atoms with Crippen molar-refractivity contribution in [2.75, 3.05) is 18.8 Å². The largest absolute Gasteiger partial charge is 0.343 e. The lowest BCUT2D eigenvalue weighted by atomic mass is 9.95. The molecular formula is C22H29N5O2S. The number of imidazole rings is 1. The summed E-state index contributed by atoms with van der Waals surface area (Å²) in [6.45, 7) is 1.64. The molecule has 30 heavy (non-hydrogen) atoms. The number of fused-ring (bicyclic) bond motifs is 2. The molecule has 3 saturated heterocycles. The first-order valence-electron chi connectivity index (χ1n) is 11.1. The number of unbranched alkanes of at least 4 members (excludes halogenated alkanes) is 1. The number of rotatable bonds is 6. The molecule has 3 amide bonds. The van der Waals surface area contributed by atoms with Gasteiger partial charge >= 0.3 is 6.03 Å². The molecule has 1 aromatic heterocycles. The Morgan fingerprint density at radius 2 is 2.00 bits per heavy atom. The number of aromatic amines is 1. The number of carbonyl (C=O) groups is 2. The number of para-hydroxylation sites is 2. The van der Waals surface area contributed by atoms with E-state index in [1.54, 1.807) is 0 Å². The van der Waals surface area contributed by atoms with Gasteiger partial charge in [-0.05, 0) is 37.8 Å². The van der Waals surface area contributed by atoms with Crippen molar-refractivity contribution in [1.29, 1.82) is 0 Å². The van der Waals surface area contributed by atoms with Gasteiger partial charge in [-0.15, -0.1) is 0 Å². The van der Waals surface area contributed by atoms with Gasteiger partial charge in [0.15, 0.2) is 0 Å². The molecule has 4 heterocycles. The maximum atomic E-state index is 12.6. The maximum Gasteiger partial charge on any atom is 0.315 e. The molecule has 8 heteroatoms. The summed E-state index contributed by atoms with van der Waals surface area (Å²) in [5, 5.41) is 6.50. The van der Waals surface area contributed by atoms with Crippen LogP contribution in [0.5, 0.6) is 0 Å². The number of urea groups is 1. The molecule has 160 valence electrons. The third kappa shape index (κ3) is 4.02. The Bertz CT molecular complexity index is 890. The highest BCUT2D eigenvalue weighted by Crippen LogP contribution is 2.33. The second-order valence-corrected chi connectivity index (χ2v) is 9.93. The Kier molecular flexibility index (Phi) is 5.58. The number of likely N-dealkylation sites (tertiary alicyclic amines) is 1. The highest BCUT2D eigenvalue weighted by molar-refractivity contribution is 8.00. The van der Waals surface area contributed by atoms with Crippen molar-refractivity contribution >= 4 is 34.7 Å². The minimum Gasteiger partial charge on any atom is -0.343 e. The van der Waals surface area contributed by atoms with Gasteiger partial charge in [-0.2, -0.15) is 11.8 Å². The number of aromatic nitrogens is 2. The highest BCUT2D eigenvalue weighted by Gasteiger charge is 2.42. The average Bonchev–Trinajstić information content (AvgIpc) is 3.45. The fourth-order valence-corrected chi connectivity index (χ4v) is 6.53. The molecule has 1 aromatic carbocycles. The molecule has 3 fully saturated rings. The fraction of sp³-hybridized carbons (Fsp3) is 0.591. The lowest BCUT2D eigenvalue weighted by Crippen LogP contribution is -2.38. The molecule has 0 bridgehead atoms. The SMILES string of the molecule is O=C1N[C@H]2[C@H](CS[C@H]2CCCCC(=O)N2CCC(c3nc4ccccc4[nH]3)CC2)N1. The summed E-state index contributed by atoms with van der Waals surface area (Å²) >= 11 is 1.94. The van der Waals surface area contributed by atoms with Crippen LogP contribution >= 0.6 is 11.8 Å². The smallest absolute Gasteiger partial charge is 0.315 e. The van der Waals surface area contributed by atoms with Crippen LogP contribution < -0.4 is 10.6 Å². The molecule has 0 radical (unpaired) electrons. The normalized spacial score (nSPS) is 26.6. The molecule has 5 rings (SSSR count). The van der Waals surface area contributed by atoms with Crippen LogP contribution in [0.2, 0.25) is 0 Å². The van der Waals surface area contributed by atoms with Gasteiger partial charge in [-0.1, -0.05) is 18.6 Å². The van der Waals surface area contributed by atoms with E-state index < -0.39 is 0 Å². The Labute approximate surface area is 180 Å². The van der Waals surface area contributed by atoms with Crippen LogP contribution in [0.4, 0.5) is 4.79 Å². The number of nitrogens with zero attached hydrogens (tertiary/aromatic N) is 2. The van der Waals surface area contributed by atoms with E-state index >= 15 is 0 Å². The molecule has 0 saturated carbocycles. The van der Waals surface area contributed by atoms with Crippen molar-refractivity contribution in [3.05, 3.63) is 30.1 Å². The Balaban J connectivity index is 1.04. The van der Waals surface area contributed by atoms with Gasteiger partial charge in [0.25, 0.3) is 0 Å². The number of amides is 3. The van der Waals surface area contributed by atoms with Crippen molar-refractivity contribution < 1.29 is 9.59 Å². The van der Waals surface area contributed by atoms with Gasteiger partial charge in [0.2, 0.25) is 5.91 Å². The van der Waals surface area contributed by atoms with E-state index in [9.17, 15) is 9.59 Å². The predicted octanol–water partition coefficient (Wildman–Crippen LogP) is 2.99. The number of hydrogen-bond acceptors (Lipinski definition) is 4. The summed E-state index contributed by atoms with van der Waals surface area (Å²) < 4.78 is 0. The van der Waals surface area contributed by atoms with Gasteiger partial charge in [0.05, 0.1) is 23.1 Å². The number of H-pyrrole nitrogens is 1. The quantitative estimate of drug-likeness (QED) is 0.488. The molecule has 0 spiro atoms. The summed E-state index contributed by atoms with van der Waals surface area (Å²) in [4.78, 5) is 34.3.